The maximum absolute atomic E-state index is 13.6. The van der Waals surface area contributed by atoms with Gasteiger partial charge in [-0.3, -0.25) is 10.1 Å². The van der Waals surface area contributed by atoms with Gasteiger partial charge < -0.3 is 4.52 Å². The molecule has 0 aliphatic carbocycles. The normalized spacial score (nSPS) is 10.7. The Bertz CT molecular complexity index is 626. The molecule has 0 amide bonds. The minimum atomic E-state index is -1.92. The maximum Gasteiger partial charge on any atom is 0.311 e. The summed E-state index contributed by atoms with van der Waals surface area (Å²) in [5.74, 6) is -5.52. The van der Waals surface area contributed by atoms with Crippen molar-refractivity contribution in [2.75, 3.05) is 0 Å². The van der Waals surface area contributed by atoms with Crippen molar-refractivity contribution in [2.45, 2.75) is 6.92 Å². The van der Waals surface area contributed by atoms with Gasteiger partial charge in [0.05, 0.1) is 16.7 Å². The Kier molecular flexibility index (Phi) is 2.77. The lowest BCUT2D eigenvalue weighted by Gasteiger charge is -2.07. The molecule has 0 saturated heterocycles. The first-order valence-electron chi connectivity index (χ1n) is 4.67. The van der Waals surface area contributed by atoms with E-state index in [1.165, 1.54) is 6.07 Å². The van der Waals surface area contributed by atoms with Crippen LogP contribution in [0.5, 0.6) is 0 Å². The van der Waals surface area contributed by atoms with Crippen molar-refractivity contribution in [1.82, 2.24) is 5.16 Å². The highest BCUT2D eigenvalue weighted by atomic mass is 19.2. The van der Waals surface area contributed by atoms with Gasteiger partial charge in [0, 0.05) is 11.6 Å². The number of rotatable bonds is 2. The fourth-order valence-electron chi connectivity index (χ4n) is 1.61. The SMILES string of the molecule is Cc1c(-c2ccno2)c(F)c(F)c(F)c1[N+](=O)[O-]. The van der Waals surface area contributed by atoms with E-state index in [0.717, 1.165) is 13.1 Å². The van der Waals surface area contributed by atoms with E-state index in [0.29, 0.717) is 0 Å². The first kappa shape index (κ1) is 12.1. The largest absolute Gasteiger partial charge is 0.356 e. The second-order valence-electron chi connectivity index (χ2n) is 3.42. The molecular formula is C10H5F3N2O3. The molecule has 94 valence electrons. The van der Waals surface area contributed by atoms with E-state index in [1.807, 2.05) is 0 Å². The van der Waals surface area contributed by atoms with Crippen molar-refractivity contribution in [3.63, 3.8) is 0 Å². The van der Waals surface area contributed by atoms with Crippen molar-refractivity contribution in [2.24, 2.45) is 0 Å². The van der Waals surface area contributed by atoms with Crippen LogP contribution >= 0.6 is 0 Å². The third-order valence-corrected chi connectivity index (χ3v) is 2.41. The molecule has 0 bridgehead atoms. The topological polar surface area (TPSA) is 69.2 Å². The number of hydrogen-bond acceptors (Lipinski definition) is 4. The Labute approximate surface area is 98.0 Å². The molecule has 0 unspecified atom stereocenters. The highest BCUT2D eigenvalue weighted by Crippen LogP contribution is 2.36. The molecule has 0 aliphatic heterocycles. The minimum absolute atomic E-state index is 0.216. The van der Waals surface area contributed by atoms with Gasteiger partial charge in [0.25, 0.3) is 0 Å². The Morgan fingerprint density at radius 2 is 1.94 bits per heavy atom. The van der Waals surface area contributed by atoms with Crippen molar-refractivity contribution in [3.8, 4) is 11.3 Å². The molecular weight excluding hydrogens is 253 g/mol. The van der Waals surface area contributed by atoms with E-state index >= 15 is 0 Å². The zero-order chi connectivity index (χ0) is 13.4. The molecule has 1 heterocycles. The average Bonchev–Trinajstić information content (AvgIpc) is 2.79. The van der Waals surface area contributed by atoms with Crippen LogP contribution in [0.3, 0.4) is 0 Å². The summed E-state index contributed by atoms with van der Waals surface area (Å²) in [5, 5.41) is 13.9. The number of halogens is 3. The quantitative estimate of drug-likeness (QED) is 0.471. The van der Waals surface area contributed by atoms with Crippen molar-refractivity contribution in [3.05, 3.63) is 45.4 Å². The van der Waals surface area contributed by atoms with Gasteiger partial charge in [-0.25, -0.2) is 8.78 Å². The highest BCUT2D eigenvalue weighted by molar-refractivity contribution is 5.68. The van der Waals surface area contributed by atoms with Crippen LogP contribution in [-0.4, -0.2) is 10.1 Å². The summed E-state index contributed by atoms with van der Waals surface area (Å²) >= 11 is 0. The molecule has 1 aromatic heterocycles. The lowest BCUT2D eigenvalue weighted by atomic mass is 10.0. The van der Waals surface area contributed by atoms with Gasteiger partial charge in [0.15, 0.2) is 11.6 Å². The van der Waals surface area contributed by atoms with Crippen LogP contribution in [0.25, 0.3) is 11.3 Å². The van der Waals surface area contributed by atoms with E-state index in [4.69, 9.17) is 0 Å². The molecule has 2 aromatic rings. The standard InChI is InChI=1S/C10H5F3N2O3/c1-4-6(5-2-3-14-18-5)7(11)8(12)9(13)10(4)15(16)17/h2-3H,1H3. The van der Waals surface area contributed by atoms with Crippen molar-refractivity contribution in [1.29, 1.82) is 0 Å². The van der Waals surface area contributed by atoms with Gasteiger partial charge in [0.1, 0.15) is 0 Å². The second kappa shape index (κ2) is 4.13. The molecule has 0 N–H and O–H groups in total. The number of hydrogen-bond donors (Lipinski definition) is 0. The number of nitro benzene ring substituents is 1. The van der Waals surface area contributed by atoms with Crippen LogP contribution in [0.15, 0.2) is 16.8 Å². The minimum Gasteiger partial charge on any atom is -0.356 e. The van der Waals surface area contributed by atoms with Gasteiger partial charge in [-0.15, -0.1) is 0 Å². The Morgan fingerprint density at radius 3 is 2.44 bits per heavy atom. The highest BCUT2D eigenvalue weighted by Gasteiger charge is 2.31. The van der Waals surface area contributed by atoms with E-state index < -0.39 is 33.6 Å². The third kappa shape index (κ3) is 1.62. The maximum atomic E-state index is 13.6. The monoisotopic (exact) mass is 258 g/mol. The van der Waals surface area contributed by atoms with Crippen LogP contribution in [0.4, 0.5) is 18.9 Å². The fourth-order valence-corrected chi connectivity index (χ4v) is 1.61. The third-order valence-electron chi connectivity index (χ3n) is 2.41. The summed E-state index contributed by atoms with van der Waals surface area (Å²) in [6.07, 6.45) is 1.15. The molecule has 0 aliphatic rings. The van der Waals surface area contributed by atoms with Gasteiger partial charge in [-0.05, 0) is 6.92 Å². The van der Waals surface area contributed by atoms with Gasteiger partial charge in [0.2, 0.25) is 11.6 Å². The summed E-state index contributed by atoms with van der Waals surface area (Å²) in [7, 11) is 0. The molecule has 0 radical (unpaired) electrons. The predicted octanol–water partition coefficient (Wildman–Crippen LogP) is 2.98. The average molecular weight is 258 g/mol. The molecule has 1 aromatic carbocycles. The number of aromatic nitrogens is 1. The zero-order valence-corrected chi connectivity index (χ0v) is 8.91. The molecule has 0 spiro atoms. The van der Waals surface area contributed by atoms with Gasteiger partial charge in [-0.2, -0.15) is 4.39 Å². The smallest absolute Gasteiger partial charge is 0.311 e. The summed E-state index contributed by atoms with van der Waals surface area (Å²) in [6, 6.07) is 1.19. The Balaban J connectivity index is 2.86. The van der Waals surface area contributed by atoms with Crippen LogP contribution in [0.2, 0.25) is 0 Å². The number of nitro groups is 1. The lowest BCUT2D eigenvalue weighted by Crippen LogP contribution is -2.04. The fraction of sp³-hybridized carbons (Fsp3) is 0.100. The van der Waals surface area contributed by atoms with Crippen LogP contribution in [0.1, 0.15) is 5.56 Å². The summed E-state index contributed by atoms with van der Waals surface area (Å²) < 4.78 is 44.8. The van der Waals surface area contributed by atoms with E-state index in [9.17, 15) is 23.3 Å². The molecule has 0 atom stereocenters. The molecule has 0 saturated carbocycles. The molecule has 0 fully saturated rings. The number of benzene rings is 1. The van der Waals surface area contributed by atoms with Crippen LogP contribution in [-0.2, 0) is 0 Å². The first-order valence-corrected chi connectivity index (χ1v) is 4.67. The van der Waals surface area contributed by atoms with Gasteiger partial charge in [-0.1, -0.05) is 5.16 Å². The summed E-state index contributed by atoms with van der Waals surface area (Å²) in [4.78, 5) is 9.54. The Morgan fingerprint density at radius 1 is 1.28 bits per heavy atom. The van der Waals surface area contributed by atoms with Crippen LogP contribution in [0, 0.1) is 34.5 Å². The predicted molar refractivity (Wildman–Crippen MR) is 53.2 cm³/mol. The van der Waals surface area contributed by atoms with E-state index in [-0.39, 0.29) is 11.3 Å². The van der Waals surface area contributed by atoms with Crippen LogP contribution < -0.4 is 0 Å². The molecule has 18 heavy (non-hydrogen) atoms. The van der Waals surface area contributed by atoms with E-state index in [2.05, 4.69) is 9.68 Å². The summed E-state index contributed by atoms with van der Waals surface area (Å²) in [6.45, 7) is 1.10. The van der Waals surface area contributed by atoms with E-state index in [1.54, 1.807) is 0 Å². The zero-order valence-electron chi connectivity index (χ0n) is 8.91. The lowest BCUT2D eigenvalue weighted by molar-refractivity contribution is -0.388. The first-order chi connectivity index (χ1) is 8.45. The second-order valence-corrected chi connectivity index (χ2v) is 3.42. The van der Waals surface area contributed by atoms with Crippen molar-refractivity contribution >= 4 is 5.69 Å². The molecule has 2 rings (SSSR count). The number of nitrogens with zero attached hydrogens (tertiary/aromatic N) is 2. The van der Waals surface area contributed by atoms with Crippen molar-refractivity contribution < 1.29 is 22.6 Å². The molecule has 5 nitrogen and oxygen atoms in total. The van der Waals surface area contributed by atoms with Gasteiger partial charge >= 0.3 is 5.69 Å². The molecule has 8 heteroatoms. The Hall–Kier alpha value is -2.38. The summed E-state index contributed by atoms with van der Waals surface area (Å²) in [5.41, 5.74) is -2.01.